The normalized spacial score (nSPS) is 20.6. The molecule has 6 heteroatoms. The highest BCUT2D eigenvalue weighted by atomic mass is 35.5. The third-order valence-electron chi connectivity index (χ3n) is 3.72. The van der Waals surface area contributed by atoms with E-state index in [-0.39, 0.29) is 6.10 Å². The minimum absolute atomic E-state index is 0.00322. The van der Waals surface area contributed by atoms with Crippen molar-refractivity contribution in [3.63, 3.8) is 0 Å². The Kier molecular flexibility index (Phi) is 6.05. The molecular formula is C15H22ClNO3S. The zero-order valence-corrected chi connectivity index (χ0v) is 13.9. The van der Waals surface area contributed by atoms with E-state index < -0.39 is 10.0 Å². The molecule has 0 amide bonds. The first-order valence-electron chi connectivity index (χ1n) is 7.34. The number of sulfonamides is 1. The molecule has 118 valence electrons. The summed E-state index contributed by atoms with van der Waals surface area (Å²) >= 11 is 5.67. The number of morpholine rings is 1. The van der Waals surface area contributed by atoms with Crippen molar-refractivity contribution in [1.82, 2.24) is 4.31 Å². The summed E-state index contributed by atoms with van der Waals surface area (Å²) in [5, 5.41) is 0. The topological polar surface area (TPSA) is 46.6 Å². The molecule has 0 aliphatic carbocycles. The standard InChI is InChI=1S/C15H22ClNO3S/c1-2-14-12-17(10-11-20-14)21(18,19)15-7-5-13(6-8-15)4-3-9-16/h5-8,14H,2-4,9-12H2,1H3. The third kappa shape index (κ3) is 4.19. The van der Waals surface area contributed by atoms with Crippen LogP contribution >= 0.6 is 11.6 Å². The van der Waals surface area contributed by atoms with E-state index in [4.69, 9.17) is 16.3 Å². The van der Waals surface area contributed by atoms with Crippen LogP contribution in [0.4, 0.5) is 0 Å². The molecule has 0 radical (unpaired) electrons. The molecule has 4 nitrogen and oxygen atoms in total. The van der Waals surface area contributed by atoms with Crippen molar-refractivity contribution in [2.24, 2.45) is 0 Å². The molecule has 21 heavy (non-hydrogen) atoms. The van der Waals surface area contributed by atoms with Crippen LogP contribution in [0.5, 0.6) is 0 Å². The van der Waals surface area contributed by atoms with Gasteiger partial charge >= 0.3 is 0 Å². The van der Waals surface area contributed by atoms with Crippen molar-refractivity contribution < 1.29 is 13.2 Å². The molecule has 1 aromatic carbocycles. The fourth-order valence-electron chi connectivity index (χ4n) is 2.41. The Labute approximate surface area is 132 Å². The summed E-state index contributed by atoms with van der Waals surface area (Å²) < 4.78 is 32.3. The molecule has 1 fully saturated rings. The van der Waals surface area contributed by atoms with Gasteiger partial charge in [-0.05, 0) is 37.0 Å². The van der Waals surface area contributed by atoms with Crippen LogP contribution in [0.15, 0.2) is 29.2 Å². The van der Waals surface area contributed by atoms with E-state index in [9.17, 15) is 8.42 Å². The second-order valence-corrected chi connectivity index (χ2v) is 7.52. The summed E-state index contributed by atoms with van der Waals surface area (Å²) in [5.41, 5.74) is 1.11. The fraction of sp³-hybridized carbons (Fsp3) is 0.600. The van der Waals surface area contributed by atoms with Gasteiger partial charge in [0.1, 0.15) is 0 Å². The zero-order chi connectivity index (χ0) is 15.3. The monoisotopic (exact) mass is 331 g/mol. The molecular weight excluding hydrogens is 310 g/mol. The maximum Gasteiger partial charge on any atom is 0.243 e. The summed E-state index contributed by atoms with van der Waals surface area (Å²) in [6.07, 6.45) is 2.59. The van der Waals surface area contributed by atoms with E-state index in [0.717, 1.165) is 24.8 Å². The lowest BCUT2D eigenvalue weighted by molar-refractivity contribution is -0.00277. The number of ether oxygens (including phenoxy) is 1. The van der Waals surface area contributed by atoms with Gasteiger partial charge in [-0.2, -0.15) is 4.31 Å². The second kappa shape index (κ2) is 7.58. The van der Waals surface area contributed by atoms with Crippen molar-refractivity contribution in [3.05, 3.63) is 29.8 Å². The molecule has 1 heterocycles. The molecule has 1 aliphatic rings. The lowest BCUT2D eigenvalue weighted by atomic mass is 10.1. The minimum Gasteiger partial charge on any atom is -0.375 e. The van der Waals surface area contributed by atoms with Crippen molar-refractivity contribution in [2.75, 3.05) is 25.6 Å². The molecule has 1 atom stereocenters. The third-order valence-corrected chi connectivity index (χ3v) is 5.86. The summed E-state index contributed by atoms with van der Waals surface area (Å²) in [5.74, 6) is 0.617. The molecule has 2 rings (SSSR count). The van der Waals surface area contributed by atoms with E-state index in [1.165, 1.54) is 4.31 Å². The van der Waals surface area contributed by atoms with Crippen LogP contribution in [0.25, 0.3) is 0 Å². The second-order valence-electron chi connectivity index (χ2n) is 5.20. The number of halogens is 1. The first-order chi connectivity index (χ1) is 10.1. The smallest absolute Gasteiger partial charge is 0.243 e. The Morgan fingerprint density at radius 3 is 2.67 bits per heavy atom. The molecule has 0 spiro atoms. The molecule has 0 N–H and O–H groups in total. The van der Waals surface area contributed by atoms with E-state index in [2.05, 4.69) is 0 Å². The van der Waals surface area contributed by atoms with Gasteiger partial charge in [0.25, 0.3) is 0 Å². The molecule has 1 saturated heterocycles. The number of aryl methyl sites for hydroxylation is 1. The summed E-state index contributed by atoms with van der Waals surface area (Å²) in [4.78, 5) is 0.355. The number of hydrogen-bond acceptors (Lipinski definition) is 3. The van der Waals surface area contributed by atoms with Crippen LogP contribution in [0, 0.1) is 0 Å². The molecule has 1 aliphatic heterocycles. The van der Waals surface area contributed by atoms with E-state index >= 15 is 0 Å². The highest BCUT2D eigenvalue weighted by Gasteiger charge is 2.29. The van der Waals surface area contributed by atoms with Gasteiger partial charge in [0, 0.05) is 19.0 Å². The van der Waals surface area contributed by atoms with Gasteiger partial charge in [-0.3, -0.25) is 0 Å². The summed E-state index contributed by atoms with van der Waals surface area (Å²) in [6.45, 7) is 3.33. The largest absolute Gasteiger partial charge is 0.375 e. The van der Waals surface area contributed by atoms with Crippen molar-refractivity contribution in [2.45, 2.75) is 37.2 Å². The predicted octanol–water partition coefficient (Wildman–Crippen LogP) is 2.66. The first kappa shape index (κ1) is 16.7. The number of nitrogens with zero attached hydrogens (tertiary/aromatic N) is 1. The summed E-state index contributed by atoms with van der Waals surface area (Å²) in [6, 6.07) is 7.12. The predicted molar refractivity (Wildman–Crippen MR) is 84.3 cm³/mol. The maximum absolute atomic E-state index is 12.6. The van der Waals surface area contributed by atoms with Crippen molar-refractivity contribution in [1.29, 1.82) is 0 Å². The van der Waals surface area contributed by atoms with Crippen molar-refractivity contribution in [3.8, 4) is 0 Å². The minimum atomic E-state index is -3.42. The fourth-order valence-corrected chi connectivity index (χ4v) is 3.99. The lowest BCUT2D eigenvalue weighted by Crippen LogP contribution is -2.45. The lowest BCUT2D eigenvalue weighted by Gasteiger charge is -2.31. The van der Waals surface area contributed by atoms with Crippen LogP contribution in [0.1, 0.15) is 25.3 Å². The number of rotatable bonds is 6. The molecule has 1 unspecified atom stereocenters. The van der Waals surface area contributed by atoms with E-state index in [0.29, 0.717) is 30.5 Å². The van der Waals surface area contributed by atoms with Gasteiger partial charge in [0.15, 0.2) is 0 Å². The van der Waals surface area contributed by atoms with Crippen molar-refractivity contribution >= 4 is 21.6 Å². The highest BCUT2D eigenvalue weighted by Crippen LogP contribution is 2.20. The van der Waals surface area contributed by atoms with Crippen LogP contribution < -0.4 is 0 Å². The van der Waals surface area contributed by atoms with Crippen LogP contribution in [0.2, 0.25) is 0 Å². The maximum atomic E-state index is 12.6. The molecule has 0 bridgehead atoms. The number of hydrogen-bond donors (Lipinski definition) is 0. The Morgan fingerprint density at radius 1 is 1.33 bits per heavy atom. The Hall–Kier alpha value is -0.620. The van der Waals surface area contributed by atoms with Gasteiger partial charge in [-0.15, -0.1) is 11.6 Å². The number of alkyl halides is 1. The Morgan fingerprint density at radius 2 is 2.05 bits per heavy atom. The van der Waals surface area contributed by atoms with Gasteiger partial charge < -0.3 is 4.74 Å². The molecule has 1 aromatic rings. The Bertz CT molecular complexity index is 545. The quantitative estimate of drug-likeness (QED) is 0.753. The average molecular weight is 332 g/mol. The van der Waals surface area contributed by atoms with Gasteiger partial charge in [-0.1, -0.05) is 19.1 Å². The van der Waals surface area contributed by atoms with Gasteiger partial charge in [0.2, 0.25) is 10.0 Å². The molecule has 0 saturated carbocycles. The zero-order valence-electron chi connectivity index (χ0n) is 12.3. The summed E-state index contributed by atoms with van der Waals surface area (Å²) in [7, 11) is -3.42. The Balaban J connectivity index is 2.11. The van der Waals surface area contributed by atoms with Gasteiger partial charge in [-0.25, -0.2) is 8.42 Å². The average Bonchev–Trinajstić information content (AvgIpc) is 2.53. The van der Waals surface area contributed by atoms with Crippen LogP contribution in [-0.4, -0.2) is 44.4 Å². The molecule has 0 aromatic heterocycles. The first-order valence-corrected chi connectivity index (χ1v) is 9.32. The van der Waals surface area contributed by atoms with E-state index in [1.807, 2.05) is 19.1 Å². The van der Waals surface area contributed by atoms with Gasteiger partial charge in [0.05, 0.1) is 17.6 Å². The van der Waals surface area contributed by atoms with Crippen LogP contribution in [0.3, 0.4) is 0 Å². The highest BCUT2D eigenvalue weighted by molar-refractivity contribution is 7.89. The van der Waals surface area contributed by atoms with Crippen LogP contribution in [-0.2, 0) is 21.2 Å². The SMILES string of the molecule is CCC1CN(S(=O)(=O)c2ccc(CCCCl)cc2)CCO1. The number of benzene rings is 1. The van der Waals surface area contributed by atoms with E-state index in [1.54, 1.807) is 12.1 Å².